The van der Waals surface area contributed by atoms with Crippen LogP contribution < -0.4 is 5.43 Å². The molecule has 1 aromatic heterocycles. The summed E-state index contributed by atoms with van der Waals surface area (Å²) >= 11 is 1.35. The number of benzene rings is 3. The topological polar surface area (TPSA) is 72.2 Å². The Morgan fingerprint density at radius 2 is 1.56 bits per heavy atom. The fourth-order valence-corrected chi connectivity index (χ4v) is 4.54. The monoisotopic (exact) mass is 497 g/mol. The van der Waals surface area contributed by atoms with Gasteiger partial charge in [-0.1, -0.05) is 111 Å². The zero-order chi connectivity index (χ0) is 25.5. The highest BCUT2D eigenvalue weighted by Crippen LogP contribution is 2.27. The number of hydrazone groups is 1. The molecule has 0 saturated carbocycles. The van der Waals surface area contributed by atoms with E-state index in [1.807, 2.05) is 54.0 Å². The molecule has 0 spiro atoms. The first-order chi connectivity index (χ1) is 17.3. The molecule has 7 heteroatoms. The maximum atomic E-state index is 12.4. The molecule has 0 fully saturated rings. The zero-order valence-corrected chi connectivity index (χ0v) is 21.9. The number of nitrogens with one attached hydrogen (secondary N) is 1. The molecule has 36 heavy (non-hydrogen) atoms. The summed E-state index contributed by atoms with van der Waals surface area (Å²) in [5.74, 6) is 0.808. The second-order valence-corrected chi connectivity index (χ2v) is 10.4. The van der Waals surface area contributed by atoms with Crippen molar-refractivity contribution < 1.29 is 4.79 Å². The summed E-state index contributed by atoms with van der Waals surface area (Å²) in [7, 11) is 0. The van der Waals surface area contributed by atoms with Gasteiger partial charge in [-0.15, -0.1) is 10.2 Å². The Balaban J connectivity index is 1.33. The molecule has 0 aliphatic carbocycles. The minimum absolute atomic E-state index is 0.0967. The Bertz CT molecular complexity index is 1320. The SMILES string of the molecule is CCn1c(SCC(=O)N/N=C\c2ccc(-c3ccccc3)cc2)nnc1-c1ccc(C(C)(C)C)cc1. The summed E-state index contributed by atoms with van der Waals surface area (Å²) in [5.41, 5.74) is 8.19. The van der Waals surface area contributed by atoms with Crippen LogP contribution in [0.25, 0.3) is 22.5 Å². The van der Waals surface area contributed by atoms with Gasteiger partial charge in [0, 0.05) is 12.1 Å². The minimum Gasteiger partial charge on any atom is -0.302 e. The molecule has 1 amide bonds. The lowest BCUT2D eigenvalue weighted by atomic mass is 9.87. The van der Waals surface area contributed by atoms with Crippen molar-refractivity contribution in [3.63, 3.8) is 0 Å². The highest BCUT2D eigenvalue weighted by atomic mass is 32.2. The molecule has 1 N–H and O–H groups in total. The molecule has 184 valence electrons. The van der Waals surface area contributed by atoms with Crippen LogP contribution in [0.5, 0.6) is 0 Å². The Morgan fingerprint density at radius 3 is 2.19 bits per heavy atom. The van der Waals surface area contributed by atoms with Gasteiger partial charge in [0.1, 0.15) is 0 Å². The molecule has 0 unspecified atom stereocenters. The lowest BCUT2D eigenvalue weighted by Crippen LogP contribution is -2.20. The molecule has 3 aromatic carbocycles. The highest BCUT2D eigenvalue weighted by molar-refractivity contribution is 7.99. The quantitative estimate of drug-likeness (QED) is 0.179. The number of rotatable bonds is 8. The van der Waals surface area contributed by atoms with Crippen LogP contribution in [0.2, 0.25) is 0 Å². The van der Waals surface area contributed by atoms with E-state index >= 15 is 0 Å². The number of aromatic nitrogens is 3. The van der Waals surface area contributed by atoms with Gasteiger partial charge in [0.25, 0.3) is 5.91 Å². The molecule has 0 bridgehead atoms. The van der Waals surface area contributed by atoms with Gasteiger partial charge in [-0.25, -0.2) is 5.43 Å². The smallest absolute Gasteiger partial charge is 0.250 e. The van der Waals surface area contributed by atoms with E-state index in [0.29, 0.717) is 11.7 Å². The first kappa shape index (κ1) is 25.4. The van der Waals surface area contributed by atoms with Crippen LogP contribution in [0, 0.1) is 0 Å². The Morgan fingerprint density at radius 1 is 0.917 bits per heavy atom. The number of amides is 1. The lowest BCUT2D eigenvalue weighted by Gasteiger charge is -2.19. The number of hydrogen-bond acceptors (Lipinski definition) is 5. The second-order valence-electron chi connectivity index (χ2n) is 9.45. The number of thioether (sulfide) groups is 1. The molecule has 4 rings (SSSR count). The molecule has 0 atom stereocenters. The number of carbonyl (C=O) groups excluding carboxylic acids is 1. The van der Waals surface area contributed by atoms with Gasteiger partial charge in [-0.05, 0) is 34.6 Å². The van der Waals surface area contributed by atoms with Crippen LogP contribution in [-0.4, -0.2) is 32.6 Å². The molecule has 4 aromatic rings. The van der Waals surface area contributed by atoms with Gasteiger partial charge in [0.05, 0.1) is 12.0 Å². The van der Waals surface area contributed by atoms with Crippen molar-refractivity contribution >= 4 is 23.9 Å². The van der Waals surface area contributed by atoms with Crippen LogP contribution in [0.15, 0.2) is 89.1 Å². The van der Waals surface area contributed by atoms with Gasteiger partial charge in [0.2, 0.25) is 0 Å². The fraction of sp³-hybridized carbons (Fsp3) is 0.241. The highest BCUT2D eigenvalue weighted by Gasteiger charge is 2.17. The average molecular weight is 498 g/mol. The lowest BCUT2D eigenvalue weighted by molar-refractivity contribution is -0.118. The summed E-state index contributed by atoms with van der Waals surface area (Å²) in [6, 6.07) is 26.7. The summed E-state index contributed by atoms with van der Waals surface area (Å²) in [6.45, 7) is 9.35. The number of hydrogen-bond donors (Lipinski definition) is 1. The third kappa shape index (κ3) is 6.29. The summed E-state index contributed by atoms with van der Waals surface area (Å²) in [6.07, 6.45) is 1.64. The van der Waals surface area contributed by atoms with Gasteiger partial charge < -0.3 is 4.57 Å². The zero-order valence-electron chi connectivity index (χ0n) is 21.1. The second kappa shape index (κ2) is 11.4. The van der Waals surface area contributed by atoms with Crippen molar-refractivity contribution in [2.24, 2.45) is 5.10 Å². The van der Waals surface area contributed by atoms with Crippen molar-refractivity contribution in [2.75, 3.05) is 5.75 Å². The van der Waals surface area contributed by atoms with Crippen LogP contribution in [0.3, 0.4) is 0 Å². The van der Waals surface area contributed by atoms with Crippen LogP contribution in [0.1, 0.15) is 38.8 Å². The normalized spacial score (nSPS) is 11.7. The van der Waals surface area contributed by atoms with E-state index in [2.05, 4.69) is 77.9 Å². The van der Waals surface area contributed by atoms with Crippen molar-refractivity contribution in [3.8, 4) is 22.5 Å². The van der Waals surface area contributed by atoms with E-state index in [9.17, 15) is 4.79 Å². The first-order valence-electron chi connectivity index (χ1n) is 12.0. The molecular formula is C29H31N5OS. The van der Waals surface area contributed by atoms with Crippen molar-refractivity contribution in [2.45, 2.75) is 44.8 Å². The predicted octanol–water partition coefficient (Wildman–Crippen LogP) is 6.17. The van der Waals surface area contributed by atoms with E-state index in [4.69, 9.17) is 0 Å². The molecular weight excluding hydrogens is 466 g/mol. The third-order valence-corrected chi connectivity index (χ3v) is 6.76. The van der Waals surface area contributed by atoms with Crippen molar-refractivity contribution in [1.82, 2.24) is 20.2 Å². The van der Waals surface area contributed by atoms with E-state index in [0.717, 1.165) is 28.1 Å². The largest absolute Gasteiger partial charge is 0.302 e. The van der Waals surface area contributed by atoms with E-state index in [1.165, 1.54) is 17.3 Å². The predicted molar refractivity (Wildman–Crippen MR) is 148 cm³/mol. The minimum atomic E-state index is -0.195. The van der Waals surface area contributed by atoms with Crippen LogP contribution >= 0.6 is 11.8 Å². The summed E-state index contributed by atoms with van der Waals surface area (Å²) < 4.78 is 2.03. The Kier molecular flexibility index (Phi) is 8.00. The van der Waals surface area contributed by atoms with E-state index < -0.39 is 0 Å². The average Bonchev–Trinajstić information content (AvgIpc) is 3.31. The molecule has 6 nitrogen and oxygen atoms in total. The van der Waals surface area contributed by atoms with Crippen molar-refractivity contribution in [3.05, 3.63) is 90.0 Å². The van der Waals surface area contributed by atoms with E-state index in [1.54, 1.807) is 6.21 Å². The molecule has 0 aliphatic rings. The number of nitrogens with zero attached hydrogens (tertiary/aromatic N) is 4. The maximum Gasteiger partial charge on any atom is 0.250 e. The molecule has 0 aliphatic heterocycles. The van der Waals surface area contributed by atoms with Crippen LogP contribution in [0.4, 0.5) is 0 Å². The van der Waals surface area contributed by atoms with Gasteiger partial charge in [-0.2, -0.15) is 5.10 Å². The standard InChI is InChI=1S/C29H31N5OS/c1-5-34-27(24-15-17-25(18-16-24)29(2,3)4)32-33-28(34)36-20-26(35)31-30-19-21-11-13-23(14-12-21)22-9-7-6-8-10-22/h6-19H,5,20H2,1-4H3,(H,31,35)/b30-19-. The Hall–Kier alpha value is -3.71. The van der Waals surface area contributed by atoms with Crippen LogP contribution in [-0.2, 0) is 16.8 Å². The summed E-state index contributed by atoms with van der Waals surface area (Å²) in [4.78, 5) is 12.4. The molecule has 0 radical (unpaired) electrons. The Labute approximate surface area is 216 Å². The van der Waals surface area contributed by atoms with Gasteiger partial charge in [-0.3, -0.25) is 4.79 Å². The molecule has 0 saturated heterocycles. The third-order valence-electron chi connectivity index (χ3n) is 5.80. The summed E-state index contributed by atoms with van der Waals surface area (Å²) in [5, 5.41) is 13.5. The van der Waals surface area contributed by atoms with E-state index in [-0.39, 0.29) is 17.1 Å². The van der Waals surface area contributed by atoms with Gasteiger partial charge >= 0.3 is 0 Å². The number of carbonyl (C=O) groups is 1. The van der Waals surface area contributed by atoms with Gasteiger partial charge in [0.15, 0.2) is 11.0 Å². The van der Waals surface area contributed by atoms with Crippen molar-refractivity contribution in [1.29, 1.82) is 0 Å². The molecule has 1 heterocycles. The first-order valence-corrected chi connectivity index (χ1v) is 13.0. The maximum absolute atomic E-state index is 12.4. The fourth-order valence-electron chi connectivity index (χ4n) is 3.75.